The van der Waals surface area contributed by atoms with Crippen molar-refractivity contribution >= 4 is 0 Å². The lowest BCUT2D eigenvalue weighted by Crippen LogP contribution is -2.50. The summed E-state index contributed by atoms with van der Waals surface area (Å²) in [7, 11) is 0. The number of hydrogen-bond donors (Lipinski definition) is 1. The molecule has 0 aromatic heterocycles. The largest absolute Gasteiger partial charge is 0.327 e. The van der Waals surface area contributed by atoms with Crippen LogP contribution in [0.15, 0.2) is 0 Å². The van der Waals surface area contributed by atoms with E-state index in [0.717, 1.165) is 35.5 Å². The average Bonchev–Trinajstić information content (AvgIpc) is 2.39. The van der Waals surface area contributed by atoms with Crippen LogP contribution in [0.25, 0.3) is 0 Å². The summed E-state index contributed by atoms with van der Waals surface area (Å²) in [6, 6.07) is 0.492. The zero-order valence-electron chi connectivity index (χ0n) is 13.6. The Morgan fingerprint density at radius 3 is 2.21 bits per heavy atom. The zero-order chi connectivity index (χ0) is 14.0. The maximum absolute atomic E-state index is 6.28. The Balaban J connectivity index is 1.96. The van der Waals surface area contributed by atoms with Crippen LogP contribution in [0.2, 0.25) is 0 Å². The first-order valence-electron chi connectivity index (χ1n) is 8.74. The maximum atomic E-state index is 6.28. The van der Waals surface area contributed by atoms with Crippen LogP contribution in [0.5, 0.6) is 0 Å². The van der Waals surface area contributed by atoms with Gasteiger partial charge in [0.2, 0.25) is 0 Å². The molecule has 0 heterocycles. The van der Waals surface area contributed by atoms with E-state index >= 15 is 0 Å². The van der Waals surface area contributed by atoms with E-state index in [1.54, 1.807) is 0 Å². The fourth-order valence-electron chi connectivity index (χ4n) is 5.10. The van der Waals surface area contributed by atoms with E-state index < -0.39 is 0 Å². The van der Waals surface area contributed by atoms with E-state index in [-0.39, 0.29) is 0 Å². The van der Waals surface area contributed by atoms with Crippen LogP contribution in [-0.2, 0) is 0 Å². The van der Waals surface area contributed by atoms with Crippen LogP contribution in [0.4, 0.5) is 0 Å². The highest BCUT2D eigenvalue weighted by Gasteiger charge is 2.41. The SMILES string of the molecule is CC1CCCCC(C(C)C2C(C)CC2N)CC(C)C1. The second-order valence-electron chi connectivity index (χ2n) is 8.04. The summed E-state index contributed by atoms with van der Waals surface area (Å²) in [5, 5.41) is 0. The molecule has 0 aliphatic heterocycles. The Bertz CT molecular complexity index is 267. The Labute approximate surface area is 120 Å². The minimum absolute atomic E-state index is 0.492. The van der Waals surface area contributed by atoms with Crippen molar-refractivity contribution < 1.29 is 0 Å². The number of hydrogen-bond acceptors (Lipinski definition) is 1. The molecule has 0 amide bonds. The molecule has 2 saturated carbocycles. The third kappa shape index (κ3) is 3.74. The summed E-state index contributed by atoms with van der Waals surface area (Å²) in [5.74, 6) is 5.29. The van der Waals surface area contributed by atoms with Gasteiger partial charge in [0.15, 0.2) is 0 Å². The highest BCUT2D eigenvalue weighted by Crippen LogP contribution is 2.44. The molecule has 112 valence electrons. The Kier molecular flexibility index (Phi) is 5.34. The van der Waals surface area contributed by atoms with Gasteiger partial charge < -0.3 is 5.73 Å². The minimum Gasteiger partial charge on any atom is -0.327 e. The van der Waals surface area contributed by atoms with Gasteiger partial charge in [0.1, 0.15) is 0 Å². The standard InChI is InChI=1S/C18H35N/c1-12-7-5-6-8-16(10-13(2)9-12)15(4)18-14(3)11-17(18)19/h12-18H,5-11,19H2,1-4H3. The highest BCUT2D eigenvalue weighted by atomic mass is 14.7. The van der Waals surface area contributed by atoms with Gasteiger partial charge in [-0.2, -0.15) is 0 Å². The molecule has 2 aliphatic rings. The van der Waals surface area contributed by atoms with E-state index in [0.29, 0.717) is 6.04 Å². The van der Waals surface area contributed by atoms with E-state index in [1.165, 1.54) is 44.9 Å². The maximum Gasteiger partial charge on any atom is 0.00750 e. The average molecular weight is 265 g/mol. The van der Waals surface area contributed by atoms with Gasteiger partial charge in [-0.3, -0.25) is 0 Å². The Morgan fingerprint density at radius 1 is 0.895 bits per heavy atom. The number of nitrogens with two attached hydrogens (primary N) is 1. The molecule has 7 atom stereocenters. The van der Waals surface area contributed by atoms with Gasteiger partial charge in [-0.25, -0.2) is 0 Å². The lowest BCUT2D eigenvalue weighted by molar-refractivity contribution is 0.0500. The molecule has 0 aromatic rings. The fourth-order valence-corrected chi connectivity index (χ4v) is 5.10. The molecule has 1 heteroatoms. The topological polar surface area (TPSA) is 26.0 Å². The molecule has 0 saturated heterocycles. The highest BCUT2D eigenvalue weighted by molar-refractivity contribution is 4.94. The minimum atomic E-state index is 0.492. The molecule has 7 unspecified atom stereocenters. The smallest absolute Gasteiger partial charge is 0.00750 e. The van der Waals surface area contributed by atoms with Crippen LogP contribution in [-0.4, -0.2) is 6.04 Å². The van der Waals surface area contributed by atoms with Gasteiger partial charge in [-0.1, -0.05) is 53.4 Å². The molecule has 0 bridgehead atoms. The first-order valence-corrected chi connectivity index (χ1v) is 8.74. The van der Waals surface area contributed by atoms with Crippen molar-refractivity contribution in [2.45, 2.75) is 78.7 Å². The quantitative estimate of drug-likeness (QED) is 0.759. The fraction of sp³-hybridized carbons (Fsp3) is 1.00. The third-order valence-electron chi connectivity index (χ3n) is 6.18. The molecule has 1 nitrogen and oxygen atoms in total. The summed E-state index contributed by atoms with van der Waals surface area (Å²) in [6.07, 6.45) is 9.94. The van der Waals surface area contributed by atoms with Gasteiger partial charge in [0, 0.05) is 6.04 Å². The molecule has 2 rings (SSSR count). The van der Waals surface area contributed by atoms with Gasteiger partial charge >= 0.3 is 0 Å². The molecule has 2 N–H and O–H groups in total. The lowest BCUT2D eigenvalue weighted by Gasteiger charge is -2.47. The van der Waals surface area contributed by atoms with Gasteiger partial charge in [0.25, 0.3) is 0 Å². The predicted octanol–water partition coefficient (Wildman–Crippen LogP) is 4.85. The molecule has 19 heavy (non-hydrogen) atoms. The van der Waals surface area contributed by atoms with Crippen molar-refractivity contribution in [3.05, 3.63) is 0 Å². The molecule has 0 aromatic carbocycles. The molecule has 2 aliphatic carbocycles. The third-order valence-corrected chi connectivity index (χ3v) is 6.18. The van der Waals surface area contributed by atoms with E-state index in [4.69, 9.17) is 5.73 Å². The van der Waals surface area contributed by atoms with Crippen molar-refractivity contribution in [3.8, 4) is 0 Å². The number of rotatable bonds is 2. The molecule has 0 spiro atoms. The van der Waals surface area contributed by atoms with Crippen LogP contribution in [0.3, 0.4) is 0 Å². The summed E-state index contributed by atoms with van der Waals surface area (Å²) in [6.45, 7) is 9.83. The van der Waals surface area contributed by atoms with Crippen molar-refractivity contribution in [2.75, 3.05) is 0 Å². The van der Waals surface area contributed by atoms with Crippen molar-refractivity contribution in [1.29, 1.82) is 0 Å². The summed E-state index contributed by atoms with van der Waals surface area (Å²) >= 11 is 0. The zero-order valence-corrected chi connectivity index (χ0v) is 13.6. The van der Waals surface area contributed by atoms with Crippen LogP contribution in [0, 0.1) is 35.5 Å². The van der Waals surface area contributed by atoms with Crippen LogP contribution in [0.1, 0.15) is 72.6 Å². The van der Waals surface area contributed by atoms with E-state index in [2.05, 4.69) is 27.7 Å². The molecule has 2 fully saturated rings. The van der Waals surface area contributed by atoms with Gasteiger partial charge in [-0.05, 0) is 54.8 Å². The first-order chi connectivity index (χ1) is 8.99. The summed E-state index contributed by atoms with van der Waals surface area (Å²) < 4.78 is 0. The van der Waals surface area contributed by atoms with E-state index in [1.807, 2.05) is 0 Å². The summed E-state index contributed by atoms with van der Waals surface area (Å²) in [4.78, 5) is 0. The van der Waals surface area contributed by atoms with Crippen LogP contribution >= 0.6 is 0 Å². The van der Waals surface area contributed by atoms with Crippen LogP contribution < -0.4 is 5.73 Å². The normalized spacial score (nSPS) is 46.6. The van der Waals surface area contributed by atoms with Crippen molar-refractivity contribution in [2.24, 2.45) is 41.2 Å². The summed E-state index contributed by atoms with van der Waals surface area (Å²) in [5.41, 5.74) is 6.28. The van der Waals surface area contributed by atoms with Crippen molar-refractivity contribution in [3.63, 3.8) is 0 Å². The Morgan fingerprint density at radius 2 is 1.58 bits per heavy atom. The van der Waals surface area contributed by atoms with E-state index in [9.17, 15) is 0 Å². The Hall–Kier alpha value is -0.0400. The molecular weight excluding hydrogens is 230 g/mol. The lowest BCUT2D eigenvalue weighted by atomic mass is 9.60. The predicted molar refractivity (Wildman–Crippen MR) is 83.9 cm³/mol. The first kappa shape index (κ1) is 15.4. The van der Waals surface area contributed by atoms with Crippen molar-refractivity contribution in [1.82, 2.24) is 0 Å². The molecular formula is C18H35N. The van der Waals surface area contributed by atoms with Gasteiger partial charge in [0.05, 0.1) is 0 Å². The second-order valence-corrected chi connectivity index (χ2v) is 8.04. The second kappa shape index (κ2) is 6.61. The molecule has 0 radical (unpaired) electrons. The van der Waals surface area contributed by atoms with Gasteiger partial charge in [-0.15, -0.1) is 0 Å². The monoisotopic (exact) mass is 265 g/mol.